The molecular formula is C21H23N3O2. The van der Waals surface area contributed by atoms with E-state index in [4.69, 9.17) is 0 Å². The molecule has 2 aromatic carbocycles. The molecule has 0 fully saturated rings. The molecule has 0 unspecified atom stereocenters. The molecule has 1 atom stereocenters. The smallest absolute Gasteiger partial charge is 0.221 e. The fraction of sp³-hybridized carbons (Fsp3) is 0.238. The molecule has 0 bridgehead atoms. The fourth-order valence-electron chi connectivity index (χ4n) is 3.00. The van der Waals surface area contributed by atoms with Gasteiger partial charge in [0.05, 0.1) is 6.04 Å². The normalized spacial score (nSPS) is 11.9. The molecule has 26 heavy (non-hydrogen) atoms. The number of fused-ring (bicyclic) bond motifs is 1. The van der Waals surface area contributed by atoms with E-state index in [1.807, 2.05) is 55.6 Å². The van der Waals surface area contributed by atoms with E-state index in [1.54, 1.807) is 0 Å². The maximum atomic E-state index is 12.3. The molecule has 5 nitrogen and oxygen atoms in total. The molecule has 2 amide bonds. The summed E-state index contributed by atoms with van der Waals surface area (Å²) in [5.41, 5.74) is 3.94. The van der Waals surface area contributed by atoms with E-state index in [0.717, 1.165) is 27.7 Å². The Morgan fingerprint density at radius 2 is 1.96 bits per heavy atom. The molecule has 0 aliphatic carbocycles. The van der Waals surface area contributed by atoms with Gasteiger partial charge < -0.3 is 15.6 Å². The molecule has 0 saturated heterocycles. The van der Waals surface area contributed by atoms with E-state index in [-0.39, 0.29) is 17.9 Å². The molecule has 0 saturated carbocycles. The molecule has 134 valence electrons. The van der Waals surface area contributed by atoms with Crippen LogP contribution in [0.25, 0.3) is 10.9 Å². The van der Waals surface area contributed by atoms with Gasteiger partial charge >= 0.3 is 0 Å². The Labute approximate surface area is 152 Å². The minimum atomic E-state index is -0.122. The summed E-state index contributed by atoms with van der Waals surface area (Å²) in [6.07, 6.45) is 3.05. The number of hydrogen-bond acceptors (Lipinski definition) is 2. The van der Waals surface area contributed by atoms with Crippen LogP contribution in [0.15, 0.2) is 54.7 Å². The topological polar surface area (TPSA) is 74.0 Å². The van der Waals surface area contributed by atoms with Crippen molar-refractivity contribution < 1.29 is 9.59 Å². The predicted octanol–water partition coefficient (Wildman–Crippen LogP) is 3.94. The third-order valence-electron chi connectivity index (χ3n) is 4.34. The molecule has 3 rings (SSSR count). The van der Waals surface area contributed by atoms with Crippen LogP contribution >= 0.6 is 0 Å². The second-order valence-corrected chi connectivity index (χ2v) is 6.50. The van der Waals surface area contributed by atoms with Crippen molar-refractivity contribution in [3.8, 4) is 0 Å². The zero-order valence-electron chi connectivity index (χ0n) is 15.0. The Kier molecular flexibility index (Phi) is 5.37. The molecule has 3 N–H and O–H groups in total. The minimum Gasteiger partial charge on any atom is -0.361 e. The monoisotopic (exact) mass is 349 g/mol. The SMILES string of the molecule is CC(=O)Nc1cccc([C@H](C)NC(=O)CCc2ccc3[nH]ccc3c2)c1. The summed E-state index contributed by atoms with van der Waals surface area (Å²) < 4.78 is 0. The number of aromatic nitrogens is 1. The van der Waals surface area contributed by atoms with E-state index in [0.29, 0.717) is 12.8 Å². The summed E-state index contributed by atoms with van der Waals surface area (Å²) in [6, 6.07) is 15.6. The zero-order valence-corrected chi connectivity index (χ0v) is 15.0. The second kappa shape index (κ2) is 7.87. The summed E-state index contributed by atoms with van der Waals surface area (Å²) in [7, 11) is 0. The Morgan fingerprint density at radius 1 is 1.12 bits per heavy atom. The first-order valence-corrected chi connectivity index (χ1v) is 8.74. The highest BCUT2D eigenvalue weighted by atomic mass is 16.2. The lowest BCUT2D eigenvalue weighted by Crippen LogP contribution is -2.26. The first-order valence-electron chi connectivity index (χ1n) is 8.74. The van der Waals surface area contributed by atoms with Crippen molar-refractivity contribution >= 4 is 28.4 Å². The first kappa shape index (κ1) is 17.7. The van der Waals surface area contributed by atoms with Crippen molar-refractivity contribution in [1.29, 1.82) is 0 Å². The van der Waals surface area contributed by atoms with Gasteiger partial charge in [0.2, 0.25) is 11.8 Å². The van der Waals surface area contributed by atoms with E-state index < -0.39 is 0 Å². The lowest BCUT2D eigenvalue weighted by Gasteiger charge is -2.15. The number of carbonyl (C=O) groups excluding carboxylic acids is 2. The molecule has 1 aromatic heterocycles. The standard InChI is InChI=1S/C21H23N3O2/c1-14(17-4-3-5-19(13-17)24-15(2)25)23-21(26)9-7-16-6-8-20-18(12-16)10-11-22-20/h3-6,8,10-14,22H,7,9H2,1-2H3,(H,23,26)(H,24,25)/t14-/m0/s1. The van der Waals surface area contributed by atoms with Gasteiger partial charge in [0.15, 0.2) is 0 Å². The third kappa shape index (κ3) is 4.51. The average molecular weight is 349 g/mol. The van der Waals surface area contributed by atoms with Gasteiger partial charge in [-0.05, 0) is 60.2 Å². The van der Waals surface area contributed by atoms with E-state index in [1.165, 1.54) is 6.92 Å². The average Bonchev–Trinajstić information content (AvgIpc) is 3.07. The van der Waals surface area contributed by atoms with Gasteiger partial charge in [-0.1, -0.05) is 18.2 Å². The van der Waals surface area contributed by atoms with Crippen molar-refractivity contribution in [3.05, 3.63) is 65.9 Å². The predicted molar refractivity (Wildman–Crippen MR) is 104 cm³/mol. The summed E-state index contributed by atoms with van der Waals surface area (Å²) in [6.45, 7) is 3.42. The molecule has 1 heterocycles. The van der Waals surface area contributed by atoms with Crippen LogP contribution < -0.4 is 10.6 Å². The van der Waals surface area contributed by atoms with Crippen LogP contribution in [-0.2, 0) is 16.0 Å². The molecule has 5 heteroatoms. The van der Waals surface area contributed by atoms with Crippen LogP contribution in [0.3, 0.4) is 0 Å². The molecular weight excluding hydrogens is 326 g/mol. The summed E-state index contributed by atoms with van der Waals surface area (Å²) in [5.74, 6) is -0.102. The van der Waals surface area contributed by atoms with E-state index in [2.05, 4.69) is 21.7 Å². The zero-order chi connectivity index (χ0) is 18.5. The van der Waals surface area contributed by atoms with Gasteiger partial charge in [-0.2, -0.15) is 0 Å². The van der Waals surface area contributed by atoms with Crippen LogP contribution in [0.1, 0.15) is 37.4 Å². The lowest BCUT2D eigenvalue weighted by molar-refractivity contribution is -0.121. The summed E-state index contributed by atoms with van der Waals surface area (Å²) in [4.78, 5) is 26.6. The fourth-order valence-corrected chi connectivity index (χ4v) is 3.00. The molecule has 0 aliphatic rings. The maximum absolute atomic E-state index is 12.3. The quantitative estimate of drug-likeness (QED) is 0.631. The molecule has 0 spiro atoms. The number of aromatic amines is 1. The number of nitrogens with one attached hydrogen (secondary N) is 3. The lowest BCUT2D eigenvalue weighted by atomic mass is 10.1. The minimum absolute atomic E-state index is 0.0107. The highest BCUT2D eigenvalue weighted by Crippen LogP contribution is 2.18. The number of rotatable bonds is 6. The van der Waals surface area contributed by atoms with Crippen molar-refractivity contribution in [2.24, 2.45) is 0 Å². The van der Waals surface area contributed by atoms with Gasteiger partial charge in [-0.3, -0.25) is 9.59 Å². The molecule has 3 aromatic rings. The number of carbonyl (C=O) groups is 2. The Balaban J connectivity index is 1.56. The number of amides is 2. The van der Waals surface area contributed by atoms with Crippen molar-refractivity contribution in [2.75, 3.05) is 5.32 Å². The number of anilines is 1. The first-order chi connectivity index (χ1) is 12.5. The summed E-state index contributed by atoms with van der Waals surface area (Å²) in [5, 5.41) is 6.94. The van der Waals surface area contributed by atoms with Crippen LogP contribution in [0, 0.1) is 0 Å². The summed E-state index contributed by atoms with van der Waals surface area (Å²) >= 11 is 0. The van der Waals surface area contributed by atoms with Gasteiger partial charge in [0.25, 0.3) is 0 Å². The van der Waals surface area contributed by atoms with Gasteiger partial charge in [-0.15, -0.1) is 0 Å². The van der Waals surface area contributed by atoms with Crippen LogP contribution in [-0.4, -0.2) is 16.8 Å². The van der Waals surface area contributed by atoms with Gasteiger partial charge in [0, 0.05) is 30.7 Å². The van der Waals surface area contributed by atoms with Crippen LogP contribution in [0.5, 0.6) is 0 Å². The Bertz CT molecular complexity index is 930. The van der Waals surface area contributed by atoms with Gasteiger partial charge in [-0.25, -0.2) is 0 Å². The number of hydrogen-bond donors (Lipinski definition) is 3. The van der Waals surface area contributed by atoms with E-state index >= 15 is 0 Å². The highest BCUT2D eigenvalue weighted by Gasteiger charge is 2.11. The molecule has 0 radical (unpaired) electrons. The van der Waals surface area contributed by atoms with Crippen LogP contribution in [0.4, 0.5) is 5.69 Å². The van der Waals surface area contributed by atoms with Crippen LogP contribution in [0.2, 0.25) is 0 Å². The number of H-pyrrole nitrogens is 1. The second-order valence-electron chi connectivity index (χ2n) is 6.50. The maximum Gasteiger partial charge on any atom is 0.221 e. The third-order valence-corrected chi connectivity index (χ3v) is 4.34. The highest BCUT2D eigenvalue weighted by molar-refractivity contribution is 5.88. The largest absolute Gasteiger partial charge is 0.361 e. The number of aryl methyl sites for hydroxylation is 1. The van der Waals surface area contributed by atoms with Crippen molar-refractivity contribution in [2.45, 2.75) is 32.7 Å². The Morgan fingerprint density at radius 3 is 2.77 bits per heavy atom. The van der Waals surface area contributed by atoms with Crippen molar-refractivity contribution in [1.82, 2.24) is 10.3 Å². The van der Waals surface area contributed by atoms with Gasteiger partial charge in [0.1, 0.15) is 0 Å². The molecule has 0 aliphatic heterocycles. The van der Waals surface area contributed by atoms with E-state index in [9.17, 15) is 9.59 Å². The number of benzene rings is 2. The van der Waals surface area contributed by atoms with Crippen molar-refractivity contribution in [3.63, 3.8) is 0 Å². The Hall–Kier alpha value is -3.08.